The number of nitrogens with one attached hydrogen (secondary N) is 1. The highest BCUT2D eigenvalue weighted by molar-refractivity contribution is 7.16. The Balaban J connectivity index is 3.09. The van der Waals surface area contributed by atoms with Crippen LogP contribution < -0.4 is 5.56 Å². The largest absolute Gasteiger partial charge is 0.327 e. The molecule has 10 heavy (non-hydrogen) atoms. The molecule has 2 aromatic heterocycles. The van der Waals surface area contributed by atoms with Crippen molar-refractivity contribution in [2.75, 3.05) is 0 Å². The number of thiazole rings is 1. The topological polar surface area (TPSA) is 45.8 Å². The van der Waals surface area contributed by atoms with Crippen LogP contribution in [0.25, 0.3) is 10.2 Å². The maximum atomic E-state index is 10.9. The maximum absolute atomic E-state index is 10.9. The number of aromatic amines is 1. The minimum Gasteiger partial charge on any atom is -0.327 e. The van der Waals surface area contributed by atoms with Gasteiger partial charge in [-0.05, 0) is 0 Å². The second kappa shape index (κ2) is 1.91. The van der Waals surface area contributed by atoms with Gasteiger partial charge in [-0.2, -0.15) is 0 Å². The first kappa shape index (κ1) is 5.61. The molecule has 49 valence electrons. The summed E-state index contributed by atoms with van der Waals surface area (Å²) < 4.78 is 0.641. The Morgan fingerprint density at radius 1 is 1.70 bits per heavy atom. The lowest BCUT2D eigenvalue weighted by molar-refractivity contribution is 1.27. The van der Waals surface area contributed by atoms with Crippen LogP contribution in [-0.4, -0.2) is 9.97 Å². The van der Waals surface area contributed by atoms with Crippen LogP contribution in [0, 0.1) is 6.07 Å². The second-order valence-electron chi connectivity index (χ2n) is 1.79. The van der Waals surface area contributed by atoms with E-state index in [1.54, 1.807) is 5.51 Å². The van der Waals surface area contributed by atoms with Crippen LogP contribution in [0.15, 0.2) is 16.5 Å². The summed E-state index contributed by atoms with van der Waals surface area (Å²) in [4.78, 5) is 17.4. The third kappa shape index (κ3) is 0.657. The molecule has 0 saturated carbocycles. The van der Waals surface area contributed by atoms with Gasteiger partial charge in [0.1, 0.15) is 4.70 Å². The average molecular weight is 151 g/mol. The summed E-state index contributed by atoms with van der Waals surface area (Å²) in [7, 11) is 0. The van der Waals surface area contributed by atoms with Crippen LogP contribution in [0.5, 0.6) is 0 Å². The molecule has 4 heteroatoms. The number of hydrogen-bond acceptors (Lipinski definition) is 3. The zero-order chi connectivity index (χ0) is 6.97. The molecule has 0 amide bonds. The van der Waals surface area contributed by atoms with Crippen LogP contribution in [0.1, 0.15) is 0 Å². The number of aromatic nitrogens is 2. The van der Waals surface area contributed by atoms with Gasteiger partial charge in [0.2, 0.25) is 0 Å². The Morgan fingerprint density at radius 2 is 2.60 bits per heavy atom. The van der Waals surface area contributed by atoms with Crippen molar-refractivity contribution in [3.63, 3.8) is 0 Å². The van der Waals surface area contributed by atoms with Gasteiger partial charge in [0.05, 0.1) is 11.0 Å². The van der Waals surface area contributed by atoms with Crippen LogP contribution in [0.3, 0.4) is 0 Å². The van der Waals surface area contributed by atoms with E-state index in [0.717, 1.165) is 0 Å². The smallest absolute Gasteiger partial charge is 0.267 e. The van der Waals surface area contributed by atoms with Gasteiger partial charge in [-0.15, -0.1) is 11.3 Å². The molecule has 0 aliphatic carbocycles. The quantitative estimate of drug-likeness (QED) is 0.605. The van der Waals surface area contributed by atoms with E-state index in [0.29, 0.717) is 10.2 Å². The maximum Gasteiger partial charge on any atom is 0.267 e. The molecule has 0 aliphatic rings. The van der Waals surface area contributed by atoms with Crippen molar-refractivity contribution < 1.29 is 0 Å². The molecule has 1 N–H and O–H groups in total. The van der Waals surface area contributed by atoms with E-state index in [2.05, 4.69) is 16.0 Å². The highest BCUT2D eigenvalue weighted by atomic mass is 32.1. The van der Waals surface area contributed by atoms with E-state index in [-0.39, 0.29) is 5.56 Å². The summed E-state index contributed by atoms with van der Waals surface area (Å²) >= 11 is 1.33. The van der Waals surface area contributed by atoms with Crippen molar-refractivity contribution in [2.45, 2.75) is 0 Å². The van der Waals surface area contributed by atoms with Gasteiger partial charge >= 0.3 is 0 Å². The monoisotopic (exact) mass is 151 g/mol. The SMILES string of the molecule is O=c1[nH]c[c]c2ncsc12. The summed E-state index contributed by atoms with van der Waals surface area (Å²) in [6, 6.07) is 2.82. The lowest BCUT2D eigenvalue weighted by Gasteiger charge is -1.80. The Hall–Kier alpha value is -1.16. The van der Waals surface area contributed by atoms with Crippen LogP contribution in [-0.2, 0) is 0 Å². The molecule has 0 bridgehead atoms. The number of H-pyrrole nitrogens is 1. The van der Waals surface area contributed by atoms with E-state index in [4.69, 9.17) is 0 Å². The first-order valence-electron chi connectivity index (χ1n) is 2.70. The van der Waals surface area contributed by atoms with E-state index >= 15 is 0 Å². The van der Waals surface area contributed by atoms with Crippen molar-refractivity contribution in [2.24, 2.45) is 0 Å². The van der Waals surface area contributed by atoms with E-state index in [1.807, 2.05) is 0 Å². The van der Waals surface area contributed by atoms with Crippen molar-refractivity contribution in [3.8, 4) is 0 Å². The summed E-state index contributed by atoms with van der Waals surface area (Å²) in [5.41, 5.74) is 2.20. The van der Waals surface area contributed by atoms with E-state index in [9.17, 15) is 4.79 Å². The molecule has 0 fully saturated rings. The van der Waals surface area contributed by atoms with Crippen LogP contribution in [0.4, 0.5) is 0 Å². The summed E-state index contributed by atoms with van der Waals surface area (Å²) in [5, 5.41) is 0. The van der Waals surface area contributed by atoms with E-state index in [1.165, 1.54) is 17.5 Å². The Morgan fingerprint density at radius 3 is 3.40 bits per heavy atom. The molecule has 0 saturated heterocycles. The molecule has 2 heterocycles. The summed E-state index contributed by atoms with van der Waals surface area (Å²) in [5.74, 6) is 0. The fraction of sp³-hybridized carbons (Fsp3) is 0. The molecule has 0 spiro atoms. The predicted molar refractivity (Wildman–Crippen MR) is 39.1 cm³/mol. The third-order valence-electron chi connectivity index (χ3n) is 1.19. The Bertz CT molecular complexity index is 403. The minimum atomic E-state index is -0.0868. The van der Waals surface area contributed by atoms with Gasteiger partial charge in [0.15, 0.2) is 0 Å². The lowest BCUT2D eigenvalue weighted by Crippen LogP contribution is -2.01. The van der Waals surface area contributed by atoms with Gasteiger partial charge in [0.25, 0.3) is 5.56 Å². The van der Waals surface area contributed by atoms with Crippen LogP contribution in [0.2, 0.25) is 0 Å². The summed E-state index contributed by atoms with van der Waals surface area (Å²) in [6.45, 7) is 0. The number of pyridine rings is 1. The van der Waals surface area contributed by atoms with Gasteiger partial charge in [0, 0.05) is 12.3 Å². The third-order valence-corrected chi connectivity index (χ3v) is 2.01. The fourth-order valence-electron chi connectivity index (χ4n) is 0.746. The number of nitrogens with zero attached hydrogens (tertiary/aromatic N) is 1. The normalized spacial score (nSPS) is 10.4. The summed E-state index contributed by atoms with van der Waals surface area (Å²) in [6.07, 6.45) is 1.48. The first-order valence-corrected chi connectivity index (χ1v) is 3.58. The zero-order valence-electron chi connectivity index (χ0n) is 4.92. The van der Waals surface area contributed by atoms with Crippen LogP contribution >= 0.6 is 11.3 Å². The number of fused-ring (bicyclic) bond motifs is 1. The molecule has 1 radical (unpaired) electrons. The van der Waals surface area contributed by atoms with Gasteiger partial charge in [-0.3, -0.25) is 4.79 Å². The zero-order valence-corrected chi connectivity index (χ0v) is 5.73. The van der Waals surface area contributed by atoms with Crippen molar-refractivity contribution in [1.82, 2.24) is 9.97 Å². The van der Waals surface area contributed by atoms with Crippen molar-refractivity contribution in [1.29, 1.82) is 0 Å². The highest BCUT2D eigenvalue weighted by Crippen LogP contribution is 2.09. The second-order valence-corrected chi connectivity index (χ2v) is 2.65. The first-order chi connectivity index (χ1) is 4.88. The van der Waals surface area contributed by atoms with Gasteiger partial charge in [-0.25, -0.2) is 4.98 Å². The fourth-order valence-corrected chi connectivity index (χ4v) is 1.40. The molecular formula is C6H3N2OS. The Kier molecular flexibility index (Phi) is 1.07. The van der Waals surface area contributed by atoms with Gasteiger partial charge < -0.3 is 4.98 Å². The minimum absolute atomic E-state index is 0.0868. The number of hydrogen-bond donors (Lipinski definition) is 1. The van der Waals surface area contributed by atoms with Crippen molar-refractivity contribution >= 4 is 21.6 Å². The molecule has 2 rings (SSSR count). The highest BCUT2D eigenvalue weighted by Gasteiger charge is 1.97. The lowest BCUT2D eigenvalue weighted by atomic mass is 10.4. The molecular weight excluding hydrogens is 148 g/mol. The molecule has 0 atom stereocenters. The molecule has 2 aromatic rings. The molecule has 0 aliphatic heterocycles. The predicted octanol–water partition coefficient (Wildman–Crippen LogP) is 0.785. The Labute approximate surface area is 60.4 Å². The molecule has 0 unspecified atom stereocenters. The van der Waals surface area contributed by atoms with E-state index < -0.39 is 0 Å². The molecule has 3 nitrogen and oxygen atoms in total. The van der Waals surface area contributed by atoms with Gasteiger partial charge in [-0.1, -0.05) is 0 Å². The average Bonchev–Trinajstić information content (AvgIpc) is 2.36. The van der Waals surface area contributed by atoms with Crippen molar-refractivity contribution in [3.05, 3.63) is 28.1 Å². The standard InChI is InChI=1S/C6H3N2OS/c9-6-5-4(1-2-7-6)8-3-10-5/h2-3H,(H,7,9). The molecule has 0 aromatic carbocycles. The number of rotatable bonds is 0.